The first-order valence-electron chi connectivity index (χ1n) is 6.89. The number of nitrogens with zero attached hydrogens (tertiary/aromatic N) is 4. The number of hydrogen-bond acceptors (Lipinski definition) is 6. The van der Waals surface area contributed by atoms with Crippen molar-refractivity contribution in [1.82, 2.24) is 15.0 Å². The fraction of sp³-hybridized carbons (Fsp3) is 0.750. The van der Waals surface area contributed by atoms with Gasteiger partial charge in [-0.2, -0.15) is 9.97 Å². The second kappa shape index (κ2) is 5.56. The highest BCUT2D eigenvalue weighted by Gasteiger charge is 2.18. The van der Waals surface area contributed by atoms with Crippen molar-refractivity contribution in [1.29, 1.82) is 0 Å². The minimum Gasteiger partial charge on any atom is -0.378 e. The molecule has 2 fully saturated rings. The summed E-state index contributed by atoms with van der Waals surface area (Å²) in [5.74, 6) is 1.17. The summed E-state index contributed by atoms with van der Waals surface area (Å²) in [7, 11) is 0. The average molecular weight is 265 g/mol. The standard InChI is InChI=1S/C12H19N5O2/c18-12-14-10(16-4-2-1-3-5-16)13-11(15-12)17-6-8-19-9-7-17/h1-9H2,(H,13,14,15,18). The van der Waals surface area contributed by atoms with Gasteiger partial charge in [0.05, 0.1) is 13.2 Å². The molecule has 2 aliphatic rings. The molecular weight excluding hydrogens is 246 g/mol. The molecule has 0 bridgehead atoms. The van der Waals surface area contributed by atoms with Gasteiger partial charge < -0.3 is 14.5 Å². The Morgan fingerprint density at radius 1 is 0.947 bits per heavy atom. The van der Waals surface area contributed by atoms with Crippen LogP contribution in [0.5, 0.6) is 0 Å². The summed E-state index contributed by atoms with van der Waals surface area (Å²) < 4.78 is 5.31. The van der Waals surface area contributed by atoms with E-state index >= 15 is 0 Å². The summed E-state index contributed by atoms with van der Waals surface area (Å²) in [6, 6.07) is 0. The number of morpholine rings is 1. The van der Waals surface area contributed by atoms with E-state index in [1.54, 1.807) is 0 Å². The normalized spacial score (nSPS) is 20.6. The maximum Gasteiger partial charge on any atom is 0.351 e. The molecule has 104 valence electrons. The third kappa shape index (κ3) is 2.86. The van der Waals surface area contributed by atoms with Crippen molar-refractivity contribution in [3.05, 3.63) is 10.5 Å². The number of piperidine rings is 1. The van der Waals surface area contributed by atoms with Crippen LogP contribution >= 0.6 is 0 Å². The van der Waals surface area contributed by atoms with Gasteiger partial charge in [-0.3, -0.25) is 4.98 Å². The van der Waals surface area contributed by atoms with Crippen molar-refractivity contribution >= 4 is 11.9 Å². The summed E-state index contributed by atoms with van der Waals surface area (Å²) in [5.41, 5.74) is -0.322. The highest BCUT2D eigenvalue weighted by Crippen LogP contribution is 2.16. The maximum absolute atomic E-state index is 11.7. The smallest absolute Gasteiger partial charge is 0.351 e. The van der Waals surface area contributed by atoms with Crippen molar-refractivity contribution in [3.8, 4) is 0 Å². The predicted octanol–water partition coefficient (Wildman–Crippen LogP) is -0.00820. The Morgan fingerprint density at radius 2 is 1.68 bits per heavy atom. The molecule has 0 saturated carbocycles. The fourth-order valence-electron chi connectivity index (χ4n) is 2.52. The van der Waals surface area contributed by atoms with Crippen LogP contribution in [0.2, 0.25) is 0 Å². The Bertz CT molecular complexity index is 438. The van der Waals surface area contributed by atoms with Crippen LogP contribution in [0.4, 0.5) is 11.9 Å². The second-order valence-corrected chi connectivity index (χ2v) is 4.92. The first-order chi connectivity index (χ1) is 9.33. The van der Waals surface area contributed by atoms with E-state index in [9.17, 15) is 4.79 Å². The van der Waals surface area contributed by atoms with Crippen LogP contribution in [-0.4, -0.2) is 54.3 Å². The maximum atomic E-state index is 11.7. The molecule has 3 rings (SSSR count). The Balaban J connectivity index is 1.84. The monoisotopic (exact) mass is 265 g/mol. The molecule has 1 N–H and O–H groups in total. The molecule has 0 radical (unpaired) electrons. The van der Waals surface area contributed by atoms with Crippen molar-refractivity contribution in [2.24, 2.45) is 0 Å². The first-order valence-corrected chi connectivity index (χ1v) is 6.89. The third-order valence-electron chi connectivity index (χ3n) is 3.58. The molecule has 19 heavy (non-hydrogen) atoms. The number of hydrogen-bond donors (Lipinski definition) is 1. The molecule has 1 aromatic heterocycles. The molecule has 0 atom stereocenters. The van der Waals surface area contributed by atoms with Gasteiger partial charge in [-0.15, -0.1) is 0 Å². The van der Waals surface area contributed by atoms with E-state index in [2.05, 4.69) is 19.9 Å². The molecule has 0 spiro atoms. The fourth-order valence-corrected chi connectivity index (χ4v) is 2.52. The van der Waals surface area contributed by atoms with Gasteiger partial charge in [-0.25, -0.2) is 4.79 Å². The molecule has 0 aromatic carbocycles. The van der Waals surface area contributed by atoms with Crippen molar-refractivity contribution in [2.45, 2.75) is 19.3 Å². The topological polar surface area (TPSA) is 74.3 Å². The molecule has 7 heteroatoms. The number of anilines is 2. The van der Waals surface area contributed by atoms with Crippen LogP contribution in [0.3, 0.4) is 0 Å². The largest absolute Gasteiger partial charge is 0.378 e. The van der Waals surface area contributed by atoms with Crippen LogP contribution < -0.4 is 15.5 Å². The Kier molecular flexibility index (Phi) is 3.63. The molecule has 1 aromatic rings. The van der Waals surface area contributed by atoms with Crippen molar-refractivity contribution in [3.63, 3.8) is 0 Å². The zero-order valence-electron chi connectivity index (χ0n) is 11.0. The minimum atomic E-state index is -0.322. The summed E-state index contributed by atoms with van der Waals surface area (Å²) in [6.07, 6.45) is 3.53. The van der Waals surface area contributed by atoms with E-state index < -0.39 is 0 Å². The zero-order valence-corrected chi connectivity index (χ0v) is 11.0. The average Bonchev–Trinajstić information content (AvgIpc) is 2.48. The lowest BCUT2D eigenvalue weighted by Crippen LogP contribution is -2.40. The summed E-state index contributed by atoms with van der Waals surface area (Å²) in [6.45, 7) is 4.73. The minimum absolute atomic E-state index is 0.322. The number of nitrogens with one attached hydrogen (secondary N) is 1. The Morgan fingerprint density at radius 3 is 2.42 bits per heavy atom. The molecule has 0 amide bonds. The molecule has 3 heterocycles. The summed E-state index contributed by atoms with van der Waals surface area (Å²) in [5, 5.41) is 0. The lowest BCUT2D eigenvalue weighted by Gasteiger charge is -2.29. The lowest BCUT2D eigenvalue weighted by molar-refractivity contribution is 0.122. The van der Waals surface area contributed by atoms with Gasteiger partial charge in [-0.1, -0.05) is 0 Å². The van der Waals surface area contributed by atoms with Crippen LogP contribution in [0.15, 0.2) is 4.79 Å². The Labute approximate surface area is 111 Å². The number of ether oxygens (including phenoxy) is 1. The molecule has 7 nitrogen and oxygen atoms in total. The number of aromatic amines is 1. The zero-order chi connectivity index (χ0) is 13.1. The van der Waals surface area contributed by atoms with E-state index in [-0.39, 0.29) is 5.69 Å². The van der Waals surface area contributed by atoms with Gasteiger partial charge in [0, 0.05) is 26.2 Å². The van der Waals surface area contributed by atoms with Crippen molar-refractivity contribution < 1.29 is 4.74 Å². The number of H-pyrrole nitrogens is 1. The second-order valence-electron chi connectivity index (χ2n) is 4.92. The van der Waals surface area contributed by atoms with Crippen LogP contribution in [0.1, 0.15) is 19.3 Å². The lowest BCUT2D eigenvalue weighted by atomic mass is 10.1. The molecular formula is C12H19N5O2. The molecule has 2 aliphatic heterocycles. The summed E-state index contributed by atoms with van der Waals surface area (Å²) >= 11 is 0. The number of rotatable bonds is 2. The molecule has 0 unspecified atom stereocenters. The van der Waals surface area contributed by atoms with Crippen LogP contribution in [-0.2, 0) is 4.74 Å². The van der Waals surface area contributed by atoms with Gasteiger partial charge in [-0.05, 0) is 19.3 Å². The van der Waals surface area contributed by atoms with Gasteiger partial charge in [0.25, 0.3) is 0 Å². The van der Waals surface area contributed by atoms with E-state index in [1.165, 1.54) is 6.42 Å². The van der Waals surface area contributed by atoms with Gasteiger partial charge >= 0.3 is 5.69 Å². The van der Waals surface area contributed by atoms with Gasteiger partial charge in [0.2, 0.25) is 11.9 Å². The van der Waals surface area contributed by atoms with Crippen molar-refractivity contribution in [2.75, 3.05) is 49.2 Å². The Hall–Kier alpha value is -1.63. The summed E-state index contributed by atoms with van der Waals surface area (Å²) in [4.78, 5) is 27.1. The van der Waals surface area contributed by atoms with Crippen LogP contribution in [0.25, 0.3) is 0 Å². The predicted molar refractivity (Wildman–Crippen MR) is 71.7 cm³/mol. The van der Waals surface area contributed by atoms with Gasteiger partial charge in [0.1, 0.15) is 0 Å². The third-order valence-corrected chi connectivity index (χ3v) is 3.58. The van der Waals surface area contributed by atoms with E-state index in [0.717, 1.165) is 39.0 Å². The molecule has 0 aliphatic carbocycles. The van der Waals surface area contributed by atoms with E-state index in [4.69, 9.17) is 4.74 Å². The van der Waals surface area contributed by atoms with Crippen LogP contribution in [0, 0.1) is 0 Å². The van der Waals surface area contributed by atoms with E-state index in [0.29, 0.717) is 25.1 Å². The van der Waals surface area contributed by atoms with Gasteiger partial charge in [0.15, 0.2) is 0 Å². The molecule has 2 saturated heterocycles. The highest BCUT2D eigenvalue weighted by molar-refractivity contribution is 5.38. The van der Waals surface area contributed by atoms with E-state index in [1.807, 2.05) is 4.90 Å². The quantitative estimate of drug-likeness (QED) is 0.811. The first kappa shape index (κ1) is 12.4. The highest BCUT2D eigenvalue weighted by atomic mass is 16.5. The number of aromatic nitrogens is 3. The SMILES string of the molecule is O=c1nc(N2CCCCC2)nc(N2CCOCC2)[nH]1.